The first-order chi connectivity index (χ1) is 9.89. The number of phenols is 1. The SMILES string of the molecule is CC1(C)OC[C@@H](C/C=C/C(=O)O)[C@@H](c2ccccc2O)O1. The number of phenolic OH excluding ortho intramolecular Hbond substituents is 1. The third-order valence-corrected chi connectivity index (χ3v) is 3.43. The predicted octanol–water partition coefficient (Wildman–Crippen LogP) is 2.86. The van der Waals surface area contributed by atoms with E-state index in [0.29, 0.717) is 18.6 Å². The van der Waals surface area contributed by atoms with Crippen molar-refractivity contribution in [2.24, 2.45) is 5.92 Å². The number of hydrogen-bond donors (Lipinski definition) is 2. The van der Waals surface area contributed by atoms with Gasteiger partial charge in [0.25, 0.3) is 0 Å². The second-order valence-corrected chi connectivity index (χ2v) is 5.54. The maximum Gasteiger partial charge on any atom is 0.327 e. The summed E-state index contributed by atoms with van der Waals surface area (Å²) in [5.41, 5.74) is 0.697. The lowest BCUT2D eigenvalue weighted by Crippen LogP contribution is -2.41. The van der Waals surface area contributed by atoms with E-state index in [0.717, 1.165) is 6.08 Å². The van der Waals surface area contributed by atoms with Crippen LogP contribution in [0.5, 0.6) is 5.75 Å². The highest BCUT2D eigenvalue weighted by Crippen LogP contribution is 2.41. The van der Waals surface area contributed by atoms with E-state index in [4.69, 9.17) is 14.6 Å². The number of carboxylic acid groups (broad SMARTS) is 1. The molecule has 2 N–H and O–H groups in total. The number of rotatable bonds is 4. The number of para-hydroxylation sites is 1. The normalized spacial score (nSPS) is 25.0. The molecule has 1 aliphatic heterocycles. The van der Waals surface area contributed by atoms with Gasteiger partial charge in [-0.2, -0.15) is 0 Å². The fraction of sp³-hybridized carbons (Fsp3) is 0.438. The summed E-state index contributed by atoms with van der Waals surface area (Å²) in [6, 6.07) is 7.02. The molecule has 0 unspecified atom stereocenters. The van der Waals surface area contributed by atoms with Crippen molar-refractivity contribution in [2.75, 3.05) is 6.61 Å². The molecular weight excluding hydrogens is 272 g/mol. The molecule has 0 spiro atoms. The van der Waals surface area contributed by atoms with Gasteiger partial charge in [0.1, 0.15) is 5.75 Å². The van der Waals surface area contributed by atoms with Crippen molar-refractivity contribution >= 4 is 5.97 Å². The van der Waals surface area contributed by atoms with Crippen molar-refractivity contribution in [1.82, 2.24) is 0 Å². The first kappa shape index (κ1) is 15.5. The van der Waals surface area contributed by atoms with E-state index < -0.39 is 11.8 Å². The van der Waals surface area contributed by atoms with Crippen LogP contribution < -0.4 is 0 Å². The molecule has 0 amide bonds. The van der Waals surface area contributed by atoms with E-state index in [1.807, 2.05) is 26.0 Å². The Bertz CT molecular complexity index is 535. The summed E-state index contributed by atoms with van der Waals surface area (Å²) < 4.78 is 11.6. The molecule has 0 aliphatic carbocycles. The van der Waals surface area contributed by atoms with Crippen molar-refractivity contribution in [3.8, 4) is 5.75 Å². The molecular formula is C16H20O5. The standard InChI is InChI=1S/C16H20O5/c1-16(2)20-10-11(6-5-9-14(18)19)15(21-16)12-7-3-4-8-13(12)17/h3-5,7-9,11,15,17H,6,10H2,1-2H3,(H,18,19)/b9-5+/t11-,15+/m1/s1. The molecule has 1 aromatic carbocycles. The zero-order valence-corrected chi connectivity index (χ0v) is 12.2. The van der Waals surface area contributed by atoms with Gasteiger partial charge in [-0.05, 0) is 26.3 Å². The van der Waals surface area contributed by atoms with Crippen LogP contribution >= 0.6 is 0 Å². The van der Waals surface area contributed by atoms with Gasteiger partial charge in [0.05, 0.1) is 12.7 Å². The van der Waals surface area contributed by atoms with Crippen LogP contribution in [0.2, 0.25) is 0 Å². The third-order valence-electron chi connectivity index (χ3n) is 3.43. The highest BCUT2D eigenvalue weighted by Gasteiger charge is 2.37. The first-order valence-electron chi connectivity index (χ1n) is 6.88. The molecule has 21 heavy (non-hydrogen) atoms. The van der Waals surface area contributed by atoms with Gasteiger partial charge < -0.3 is 19.7 Å². The van der Waals surface area contributed by atoms with Crippen molar-refractivity contribution in [1.29, 1.82) is 0 Å². The number of benzene rings is 1. The molecule has 5 nitrogen and oxygen atoms in total. The lowest BCUT2D eigenvalue weighted by atomic mass is 9.91. The number of carbonyl (C=O) groups is 1. The average molecular weight is 292 g/mol. The summed E-state index contributed by atoms with van der Waals surface area (Å²) in [5.74, 6) is -1.60. The van der Waals surface area contributed by atoms with E-state index in [-0.39, 0.29) is 17.8 Å². The molecule has 0 radical (unpaired) electrons. The van der Waals surface area contributed by atoms with Crippen molar-refractivity contribution in [3.05, 3.63) is 42.0 Å². The molecule has 0 bridgehead atoms. The van der Waals surface area contributed by atoms with E-state index in [9.17, 15) is 9.90 Å². The Balaban J connectivity index is 2.22. The molecule has 0 aromatic heterocycles. The predicted molar refractivity (Wildman–Crippen MR) is 76.8 cm³/mol. The Kier molecular flexibility index (Phi) is 4.65. The van der Waals surface area contributed by atoms with Crippen LogP contribution in [0.1, 0.15) is 31.9 Å². The van der Waals surface area contributed by atoms with E-state index >= 15 is 0 Å². The van der Waals surface area contributed by atoms with Crippen molar-refractivity contribution in [2.45, 2.75) is 32.2 Å². The van der Waals surface area contributed by atoms with E-state index in [1.54, 1.807) is 18.2 Å². The fourth-order valence-electron chi connectivity index (χ4n) is 2.41. The zero-order valence-electron chi connectivity index (χ0n) is 12.2. The Morgan fingerprint density at radius 3 is 2.81 bits per heavy atom. The Morgan fingerprint density at radius 2 is 2.14 bits per heavy atom. The maximum absolute atomic E-state index is 10.6. The summed E-state index contributed by atoms with van der Waals surface area (Å²) in [7, 11) is 0. The molecule has 2 rings (SSSR count). The molecule has 0 saturated carbocycles. The van der Waals surface area contributed by atoms with Crippen LogP contribution in [-0.2, 0) is 14.3 Å². The summed E-state index contributed by atoms with van der Waals surface area (Å²) in [6.45, 7) is 4.09. The highest BCUT2D eigenvalue weighted by molar-refractivity contribution is 5.79. The molecule has 2 atom stereocenters. The van der Waals surface area contributed by atoms with Crippen LogP contribution in [0.25, 0.3) is 0 Å². The quantitative estimate of drug-likeness (QED) is 0.835. The van der Waals surface area contributed by atoms with Crippen molar-refractivity contribution < 1.29 is 24.5 Å². The van der Waals surface area contributed by atoms with Gasteiger partial charge in [0.15, 0.2) is 5.79 Å². The number of hydrogen-bond acceptors (Lipinski definition) is 4. The topological polar surface area (TPSA) is 76.0 Å². The molecule has 1 aromatic rings. The van der Waals surface area contributed by atoms with Crippen LogP contribution in [0.15, 0.2) is 36.4 Å². The van der Waals surface area contributed by atoms with Gasteiger partial charge in [-0.15, -0.1) is 0 Å². The number of aliphatic carboxylic acids is 1. The minimum Gasteiger partial charge on any atom is -0.508 e. The van der Waals surface area contributed by atoms with Gasteiger partial charge >= 0.3 is 5.97 Å². The van der Waals surface area contributed by atoms with Gasteiger partial charge in [-0.3, -0.25) is 0 Å². The monoisotopic (exact) mass is 292 g/mol. The number of carboxylic acids is 1. The van der Waals surface area contributed by atoms with Gasteiger partial charge in [0, 0.05) is 17.6 Å². The van der Waals surface area contributed by atoms with E-state index in [1.165, 1.54) is 0 Å². The maximum atomic E-state index is 10.6. The second kappa shape index (κ2) is 6.28. The minimum absolute atomic E-state index is 0.0538. The Labute approximate surface area is 123 Å². The van der Waals surface area contributed by atoms with Gasteiger partial charge in [-0.1, -0.05) is 24.3 Å². The Morgan fingerprint density at radius 1 is 1.43 bits per heavy atom. The lowest BCUT2D eigenvalue weighted by molar-refractivity contribution is -0.295. The van der Waals surface area contributed by atoms with Crippen LogP contribution in [0, 0.1) is 5.92 Å². The zero-order chi connectivity index (χ0) is 15.5. The second-order valence-electron chi connectivity index (χ2n) is 5.54. The molecule has 5 heteroatoms. The van der Waals surface area contributed by atoms with Crippen LogP contribution in [0.4, 0.5) is 0 Å². The average Bonchev–Trinajstić information content (AvgIpc) is 2.40. The van der Waals surface area contributed by atoms with Crippen molar-refractivity contribution in [3.63, 3.8) is 0 Å². The van der Waals surface area contributed by atoms with Gasteiger partial charge in [0.2, 0.25) is 0 Å². The Hall–Kier alpha value is -1.85. The van der Waals surface area contributed by atoms with Crippen LogP contribution in [-0.4, -0.2) is 28.6 Å². The molecule has 1 aliphatic rings. The van der Waals surface area contributed by atoms with Gasteiger partial charge in [-0.25, -0.2) is 4.79 Å². The molecule has 1 heterocycles. The molecule has 114 valence electrons. The number of ether oxygens (including phenoxy) is 2. The fourth-order valence-corrected chi connectivity index (χ4v) is 2.41. The summed E-state index contributed by atoms with van der Waals surface area (Å²) in [4.78, 5) is 10.6. The number of allylic oxidation sites excluding steroid dienone is 1. The summed E-state index contributed by atoms with van der Waals surface area (Å²) >= 11 is 0. The van der Waals surface area contributed by atoms with E-state index in [2.05, 4.69) is 0 Å². The summed E-state index contributed by atoms with van der Waals surface area (Å²) in [6.07, 6.45) is 2.86. The van der Waals surface area contributed by atoms with Crippen LogP contribution in [0.3, 0.4) is 0 Å². The largest absolute Gasteiger partial charge is 0.508 e. The molecule has 1 fully saturated rings. The first-order valence-corrected chi connectivity index (χ1v) is 6.88. The molecule has 1 saturated heterocycles. The summed E-state index contributed by atoms with van der Waals surface area (Å²) in [5, 5.41) is 18.7. The number of aromatic hydroxyl groups is 1. The third kappa shape index (κ3) is 4.06. The lowest BCUT2D eigenvalue weighted by Gasteiger charge is -2.41. The minimum atomic E-state index is -0.980. The highest BCUT2D eigenvalue weighted by atomic mass is 16.7. The smallest absolute Gasteiger partial charge is 0.327 e.